The maximum atomic E-state index is 11.0. The highest BCUT2D eigenvalue weighted by Gasteiger charge is 2.47. The monoisotopic (exact) mass is 190 g/mol. The summed E-state index contributed by atoms with van der Waals surface area (Å²) in [7, 11) is 2.74. The molecule has 1 aliphatic rings. The van der Waals surface area contributed by atoms with Crippen molar-refractivity contribution in [2.75, 3.05) is 14.2 Å². The molecule has 0 aromatic heterocycles. The van der Waals surface area contributed by atoms with E-state index in [1.807, 2.05) is 0 Å². The number of ether oxygens (including phenoxy) is 4. The van der Waals surface area contributed by atoms with Crippen molar-refractivity contribution in [3.8, 4) is 0 Å². The summed E-state index contributed by atoms with van der Waals surface area (Å²) in [6.45, 7) is 0.177. The Bertz CT molecular complexity index is 203. The van der Waals surface area contributed by atoms with Gasteiger partial charge in [0.1, 0.15) is 0 Å². The lowest BCUT2D eigenvalue weighted by atomic mass is 10.2. The molecule has 0 unspecified atom stereocenters. The van der Waals surface area contributed by atoms with Gasteiger partial charge in [-0.3, -0.25) is 4.79 Å². The Morgan fingerprint density at radius 1 is 1.38 bits per heavy atom. The average molecular weight is 190 g/mol. The predicted octanol–water partition coefficient (Wildman–Crippen LogP) is -0.928. The van der Waals surface area contributed by atoms with Gasteiger partial charge in [0.05, 0.1) is 0 Å². The molecule has 1 aliphatic heterocycles. The highest BCUT2D eigenvalue weighted by atomic mass is 16.7. The van der Waals surface area contributed by atoms with Crippen LogP contribution in [0.4, 0.5) is 0 Å². The largest absolute Gasteiger partial charge is 0.449 e. The first-order chi connectivity index (χ1) is 6.24. The van der Waals surface area contributed by atoms with Gasteiger partial charge in [-0.05, 0) is 0 Å². The van der Waals surface area contributed by atoms with Gasteiger partial charge in [-0.15, -0.1) is 0 Å². The second kappa shape index (κ2) is 4.20. The first-order valence-corrected chi connectivity index (χ1v) is 3.59. The van der Waals surface area contributed by atoms with E-state index in [0.717, 1.165) is 0 Å². The van der Waals surface area contributed by atoms with Crippen LogP contribution in [0.2, 0.25) is 0 Å². The summed E-state index contributed by atoms with van der Waals surface area (Å²) in [5.41, 5.74) is 0. The van der Waals surface area contributed by atoms with E-state index < -0.39 is 24.5 Å². The molecule has 1 rings (SSSR count). The number of hydrogen-bond donors (Lipinski definition) is 0. The lowest BCUT2D eigenvalue weighted by molar-refractivity contribution is -0.168. The van der Waals surface area contributed by atoms with Crippen LogP contribution in [0, 0.1) is 0 Å². The SMILES string of the molecule is CO[C@H]1OC(=O)[C@@H](OC=O)[C@@H]1OC. The van der Waals surface area contributed by atoms with E-state index >= 15 is 0 Å². The van der Waals surface area contributed by atoms with Crippen LogP contribution in [0.15, 0.2) is 0 Å². The fourth-order valence-electron chi connectivity index (χ4n) is 1.14. The zero-order valence-corrected chi connectivity index (χ0v) is 7.26. The maximum Gasteiger partial charge on any atom is 0.352 e. The minimum Gasteiger partial charge on any atom is -0.449 e. The molecule has 0 N–H and O–H groups in total. The molecule has 6 heteroatoms. The van der Waals surface area contributed by atoms with Gasteiger partial charge in [0.2, 0.25) is 12.4 Å². The summed E-state index contributed by atoms with van der Waals surface area (Å²) in [5, 5.41) is 0. The van der Waals surface area contributed by atoms with Crippen molar-refractivity contribution in [3.63, 3.8) is 0 Å². The molecule has 13 heavy (non-hydrogen) atoms. The highest BCUT2D eigenvalue weighted by Crippen LogP contribution is 2.21. The summed E-state index contributed by atoms with van der Waals surface area (Å²) in [6, 6.07) is 0. The molecular weight excluding hydrogens is 180 g/mol. The van der Waals surface area contributed by atoms with Gasteiger partial charge in [-0.1, -0.05) is 0 Å². The Balaban J connectivity index is 2.69. The Morgan fingerprint density at radius 2 is 2.08 bits per heavy atom. The van der Waals surface area contributed by atoms with Crippen molar-refractivity contribution in [2.45, 2.75) is 18.5 Å². The zero-order chi connectivity index (χ0) is 9.84. The average Bonchev–Trinajstić information content (AvgIpc) is 2.44. The van der Waals surface area contributed by atoms with Crippen LogP contribution in [0.1, 0.15) is 0 Å². The second-order valence-electron chi connectivity index (χ2n) is 2.39. The molecule has 3 atom stereocenters. The van der Waals surface area contributed by atoms with Crippen LogP contribution in [-0.2, 0) is 28.5 Å². The molecule has 1 fully saturated rings. The van der Waals surface area contributed by atoms with Crippen LogP contribution in [0.5, 0.6) is 0 Å². The molecule has 0 spiro atoms. The summed E-state index contributed by atoms with van der Waals surface area (Å²) in [5.74, 6) is -0.661. The third-order valence-electron chi connectivity index (χ3n) is 1.74. The van der Waals surface area contributed by atoms with E-state index in [4.69, 9.17) is 14.2 Å². The van der Waals surface area contributed by atoms with Gasteiger partial charge in [-0.25, -0.2) is 4.79 Å². The second-order valence-corrected chi connectivity index (χ2v) is 2.39. The van der Waals surface area contributed by atoms with Gasteiger partial charge in [0.25, 0.3) is 6.47 Å². The first kappa shape index (κ1) is 9.94. The van der Waals surface area contributed by atoms with Gasteiger partial charge in [0.15, 0.2) is 6.10 Å². The Labute approximate surface area is 74.7 Å². The number of hydrogen-bond acceptors (Lipinski definition) is 6. The van der Waals surface area contributed by atoms with Crippen molar-refractivity contribution in [1.82, 2.24) is 0 Å². The summed E-state index contributed by atoms with van der Waals surface area (Å²) in [6.07, 6.45) is -2.56. The molecule has 0 saturated carbocycles. The number of rotatable bonds is 4. The molecule has 0 radical (unpaired) electrons. The lowest BCUT2D eigenvalue weighted by Gasteiger charge is -2.16. The third kappa shape index (κ3) is 1.78. The summed E-state index contributed by atoms with van der Waals surface area (Å²) >= 11 is 0. The molecule has 0 amide bonds. The van der Waals surface area contributed by atoms with E-state index in [-0.39, 0.29) is 6.47 Å². The number of carbonyl (C=O) groups is 2. The quantitative estimate of drug-likeness (QED) is 0.421. The van der Waals surface area contributed by atoms with E-state index in [1.165, 1.54) is 14.2 Å². The lowest BCUT2D eigenvalue weighted by Crippen LogP contribution is -2.35. The molecule has 0 aromatic rings. The topological polar surface area (TPSA) is 71.1 Å². The maximum absolute atomic E-state index is 11.0. The molecule has 0 aliphatic carbocycles. The molecule has 6 nitrogen and oxygen atoms in total. The first-order valence-electron chi connectivity index (χ1n) is 3.59. The third-order valence-corrected chi connectivity index (χ3v) is 1.74. The van der Waals surface area contributed by atoms with Crippen LogP contribution in [0.25, 0.3) is 0 Å². The minimum absolute atomic E-state index is 0.177. The van der Waals surface area contributed by atoms with Crippen LogP contribution >= 0.6 is 0 Å². The van der Waals surface area contributed by atoms with Gasteiger partial charge in [-0.2, -0.15) is 0 Å². The molecule has 74 valence electrons. The normalized spacial score (nSPS) is 32.8. The molecular formula is C7H10O6. The van der Waals surface area contributed by atoms with Crippen molar-refractivity contribution in [3.05, 3.63) is 0 Å². The Kier molecular flexibility index (Phi) is 3.21. The van der Waals surface area contributed by atoms with Gasteiger partial charge in [0, 0.05) is 14.2 Å². The fourth-order valence-corrected chi connectivity index (χ4v) is 1.14. The van der Waals surface area contributed by atoms with Crippen molar-refractivity contribution >= 4 is 12.4 Å². The van der Waals surface area contributed by atoms with Crippen LogP contribution in [0.3, 0.4) is 0 Å². The molecule has 1 heterocycles. The zero-order valence-electron chi connectivity index (χ0n) is 7.26. The van der Waals surface area contributed by atoms with Crippen molar-refractivity contribution in [1.29, 1.82) is 0 Å². The van der Waals surface area contributed by atoms with E-state index in [2.05, 4.69) is 4.74 Å². The summed E-state index contributed by atoms with van der Waals surface area (Å²) in [4.78, 5) is 21.1. The number of carbonyl (C=O) groups excluding carboxylic acids is 2. The smallest absolute Gasteiger partial charge is 0.352 e. The molecule has 0 bridgehead atoms. The van der Waals surface area contributed by atoms with Crippen LogP contribution < -0.4 is 0 Å². The highest BCUT2D eigenvalue weighted by molar-refractivity contribution is 5.79. The van der Waals surface area contributed by atoms with Crippen LogP contribution in [-0.4, -0.2) is 45.2 Å². The number of esters is 1. The Morgan fingerprint density at radius 3 is 2.54 bits per heavy atom. The number of cyclic esters (lactones) is 1. The Hall–Kier alpha value is -1.14. The molecule has 0 aromatic carbocycles. The predicted molar refractivity (Wildman–Crippen MR) is 38.6 cm³/mol. The van der Waals surface area contributed by atoms with E-state index in [0.29, 0.717) is 0 Å². The number of methoxy groups -OCH3 is 2. The van der Waals surface area contributed by atoms with Gasteiger partial charge < -0.3 is 18.9 Å². The standard InChI is InChI=1S/C7H10O6/c1-10-5-4(12-3-8)6(9)13-7(5)11-2/h3-5,7H,1-2H3/t4-,5-,7-/m0/s1. The van der Waals surface area contributed by atoms with Gasteiger partial charge >= 0.3 is 5.97 Å². The summed E-state index contributed by atoms with van der Waals surface area (Å²) < 4.78 is 18.9. The van der Waals surface area contributed by atoms with E-state index in [9.17, 15) is 9.59 Å². The van der Waals surface area contributed by atoms with E-state index in [1.54, 1.807) is 0 Å². The molecule has 1 saturated heterocycles. The van der Waals surface area contributed by atoms with Crippen molar-refractivity contribution < 1.29 is 28.5 Å². The van der Waals surface area contributed by atoms with Crippen molar-refractivity contribution in [2.24, 2.45) is 0 Å². The fraction of sp³-hybridized carbons (Fsp3) is 0.714. The minimum atomic E-state index is -1.03.